The van der Waals surface area contributed by atoms with Gasteiger partial charge in [0, 0.05) is 24.8 Å². The van der Waals surface area contributed by atoms with E-state index in [0.717, 1.165) is 17.2 Å². The van der Waals surface area contributed by atoms with Gasteiger partial charge in [-0.2, -0.15) is 0 Å². The number of ether oxygens (including phenoxy) is 1. The Morgan fingerprint density at radius 3 is 2.33 bits per heavy atom. The molecule has 1 heterocycles. The molecule has 3 aromatic carbocycles. The Hall–Kier alpha value is -3.36. The number of carbonyl (C=O) groups is 1. The number of halogens is 3. The molecule has 4 rings (SSSR count). The van der Waals surface area contributed by atoms with E-state index in [1.165, 1.54) is 24.3 Å². The highest BCUT2D eigenvalue weighted by molar-refractivity contribution is 5.77. The lowest BCUT2D eigenvalue weighted by Crippen LogP contribution is -2.58. The van der Waals surface area contributed by atoms with Gasteiger partial charge in [0.05, 0.1) is 24.8 Å². The molecule has 2 unspecified atom stereocenters. The van der Waals surface area contributed by atoms with Gasteiger partial charge in [0.2, 0.25) is 0 Å². The van der Waals surface area contributed by atoms with Gasteiger partial charge in [-0.3, -0.25) is 0 Å². The predicted octanol–water partition coefficient (Wildman–Crippen LogP) is 5.54. The molecule has 0 spiro atoms. The van der Waals surface area contributed by atoms with Gasteiger partial charge in [-0.25, -0.2) is 18.0 Å². The molecule has 0 radical (unpaired) electrons. The topological polar surface area (TPSA) is 61.8 Å². The van der Waals surface area contributed by atoms with Gasteiger partial charge in [-0.05, 0) is 60.7 Å². The molecule has 1 fully saturated rings. The number of amides is 2. The van der Waals surface area contributed by atoms with Crippen molar-refractivity contribution in [2.24, 2.45) is 0 Å². The Morgan fingerprint density at radius 1 is 1.00 bits per heavy atom. The zero-order chi connectivity index (χ0) is 25.7. The first-order valence-electron chi connectivity index (χ1n) is 11.9. The largest absolute Gasteiger partial charge is 0.394 e. The molecular formula is C28H29F3N2O3. The van der Waals surface area contributed by atoms with Crippen LogP contribution in [0, 0.1) is 17.5 Å². The summed E-state index contributed by atoms with van der Waals surface area (Å²) in [6, 6.07) is 16.2. The molecule has 190 valence electrons. The third-order valence-corrected chi connectivity index (χ3v) is 6.79. The lowest BCUT2D eigenvalue weighted by Gasteiger charge is -2.45. The summed E-state index contributed by atoms with van der Waals surface area (Å²) in [6.45, 7) is 2.82. The van der Waals surface area contributed by atoms with Crippen LogP contribution >= 0.6 is 0 Å². The number of urea groups is 1. The fraction of sp³-hybridized carbons (Fsp3) is 0.321. The smallest absolute Gasteiger partial charge is 0.318 e. The van der Waals surface area contributed by atoms with Gasteiger partial charge in [0.1, 0.15) is 17.5 Å². The van der Waals surface area contributed by atoms with E-state index in [1.807, 2.05) is 19.1 Å². The van der Waals surface area contributed by atoms with Crippen LogP contribution in [0.1, 0.15) is 36.9 Å². The maximum atomic E-state index is 14.2. The van der Waals surface area contributed by atoms with Crippen LogP contribution < -0.4 is 5.32 Å². The summed E-state index contributed by atoms with van der Waals surface area (Å²) in [5, 5.41) is 12.1. The van der Waals surface area contributed by atoms with Crippen LogP contribution in [0.3, 0.4) is 0 Å². The molecule has 1 aliphatic rings. The van der Waals surface area contributed by atoms with Crippen molar-refractivity contribution in [1.29, 1.82) is 0 Å². The SMILES string of the molecule is CC(c1ccc(-c2ccc(F)cc2F)cc1)N1CCC(CCOCCO)(c2ccc(F)cc2)NC1=O. The normalized spacial score (nSPS) is 18.7. The highest BCUT2D eigenvalue weighted by Gasteiger charge is 2.41. The van der Waals surface area contributed by atoms with Gasteiger partial charge in [0.25, 0.3) is 0 Å². The molecule has 0 aliphatic carbocycles. The van der Waals surface area contributed by atoms with Gasteiger partial charge in [-0.1, -0.05) is 36.4 Å². The zero-order valence-corrected chi connectivity index (χ0v) is 20.0. The van der Waals surface area contributed by atoms with E-state index >= 15 is 0 Å². The summed E-state index contributed by atoms with van der Waals surface area (Å²) >= 11 is 0. The summed E-state index contributed by atoms with van der Waals surface area (Å²) in [5.74, 6) is -1.62. The van der Waals surface area contributed by atoms with E-state index in [2.05, 4.69) is 5.32 Å². The Labute approximate surface area is 208 Å². The number of nitrogens with zero attached hydrogens (tertiary/aromatic N) is 1. The Morgan fingerprint density at radius 2 is 1.69 bits per heavy atom. The number of hydrogen-bond donors (Lipinski definition) is 2. The molecule has 2 N–H and O–H groups in total. The summed E-state index contributed by atoms with van der Waals surface area (Å²) < 4.78 is 46.4. The van der Waals surface area contributed by atoms with E-state index in [4.69, 9.17) is 9.84 Å². The highest BCUT2D eigenvalue weighted by Crippen LogP contribution is 2.36. The molecule has 2 atom stereocenters. The first kappa shape index (κ1) is 25.7. The van der Waals surface area contributed by atoms with Crippen molar-refractivity contribution < 1.29 is 27.8 Å². The second-order valence-corrected chi connectivity index (χ2v) is 8.97. The summed E-state index contributed by atoms with van der Waals surface area (Å²) in [7, 11) is 0. The molecule has 36 heavy (non-hydrogen) atoms. The number of hydrogen-bond acceptors (Lipinski definition) is 3. The second kappa shape index (κ2) is 11.1. The second-order valence-electron chi connectivity index (χ2n) is 8.97. The number of aliphatic hydroxyl groups is 1. The summed E-state index contributed by atoms with van der Waals surface area (Å²) in [4.78, 5) is 15.0. The number of rotatable bonds is 9. The first-order chi connectivity index (χ1) is 17.3. The average molecular weight is 499 g/mol. The number of nitrogens with one attached hydrogen (secondary N) is 1. The molecule has 1 aliphatic heterocycles. The van der Waals surface area contributed by atoms with Crippen LogP contribution in [0.2, 0.25) is 0 Å². The maximum absolute atomic E-state index is 14.2. The zero-order valence-electron chi connectivity index (χ0n) is 20.0. The maximum Gasteiger partial charge on any atom is 0.318 e. The van der Waals surface area contributed by atoms with Crippen molar-refractivity contribution in [3.05, 3.63) is 95.3 Å². The number of carbonyl (C=O) groups excluding carboxylic acids is 1. The minimum absolute atomic E-state index is 0.0895. The lowest BCUT2D eigenvalue weighted by molar-refractivity contribution is 0.0613. The third-order valence-electron chi connectivity index (χ3n) is 6.79. The molecule has 8 heteroatoms. The fourth-order valence-corrected chi connectivity index (χ4v) is 4.70. The number of benzene rings is 3. The monoisotopic (exact) mass is 498 g/mol. The van der Waals surface area contributed by atoms with Crippen LogP contribution in [-0.4, -0.2) is 42.4 Å². The van der Waals surface area contributed by atoms with Crippen molar-refractivity contribution in [1.82, 2.24) is 10.2 Å². The first-order valence-corrected chi connectivity index (χ1v) is 11.9. The number of aliphatic hydroxyl groups excluding tert-OH is 1. The highest BCUT2D eigenvalue weighted by atomic mass is 19.1. The van der Waals surface area contributed by atoms with Crippen LogP contribution in [0.4, 0.5) is 18.0 Å². The van der Waals surface area contributed by atoms with Gasteiger partial charge in [-0.15, -0.1) is 0 Å². The molecule has 2 amide bonds. The van der Waals surface area contributed by atoms with Crippen molar-refractivity contribution in [2.45, 2.75) is 31.3 Å². The van der Waals surface area contributed by atoms with Crippen LogP contribution in [0.25, 0.3) is 11.1 Å². The van der Waals surface area contributed by atoms with Crippen molar-refractivity contribution >= 4 is 6.03 Å². The Kier molecular flexibility index (Phi) is 7.96. The van der Waals surface area contributed by atoms with E-state index < -0.39 is 17.2 Å². The minimum atomic E-state index is -0.722. The molecular weight excluding hydrogens is 469 g/mol. The summed E-state index contributed by atoms with van der Waals surface area (Å²) in [6.07, 6.45) is 1.06. The van der Waals surface area contributed by atoms with E-state index in [0.29, 0.717) is 37.1 Å². The Bertz CT molecular complexity index is 1190. The fourth-order valence-electron chi connectivity index (χ4n) is 4.70. The van der Waals surface area contributed by atoms with E-state index in [1.54, 1.807) is 29.2 Å². The van der Waals surface area contributed by atoms with Gasteiger partial charge in [0.15, 0.2) is 0 Å². The molecule has 0 bridgehead atoms. The lowest BCUT2D eigenvalue weighted by atomic mass is 9.82. The average Bonchev–Trinajstić information content (AvgIpc) is 2.87. The minimum Gasteiger partial charge on any atom is -0.394 e. The molecule has 3 aromatic rings. The van der Waals surface area contributed by atoms with Crippen LogP contribution in [0.15, 0.2) is 66.7 Å². The van der Waals surface area contributed by atoms with E-state index in [-0.39, 0.29) is 31.1 Å². The molecule has 0 aromatic heterocycles. The summed E-state index contributed by atoms with van der Waals surface area (Å²) in [5.41, 5.74) is 1.86. The molecule has 5 nitrogen and oxygen atoms in total. The van der Waals surface area contributed by atoms with E-state index in [9.17, 15) is 18.0 Å². The third kappa shape index (κ3) is 5.55. The standard InChI is InChI=1S/C28H29F3N2O3/c1-19(20-2-4-21(5-3-20)25-11-10-24(30)18-26(25)31)33-14-12-28(32-27(33)35,13-16-36-17-15-34)22-6-8-23(29)9-7-22/h2-11,18-19,34H,12-17H2,1H3,(H,32,35). The van der Waals surface area contributed by atoms with Crippen molar-refractivity contribution in [3.8, 4) is 11.1 Å². The Balaban J connectivity index is 1.50. The van der Waals surface area contributed by atoms with Crippen molar-refractivity contribution in [3.63, 3.8) is 0 Å². The van der Waals surface area contributed by atoms with Gasteiger partial charge < -0.3 is 20.1 Å². The molecule has 1 saturated heterocycles. The predicted molar refractivity (Wildman–Crippen MR) is 131 cm³/mol. The van der Waals surface area contributed by atoms with Crippen LogP contribution in [-0.2, 0) is 10.3 Å². The quantitative estimate of drug-likeness (QED) is 0.381. The van der Waals surface area contributed by atoms with Crippen LogP contribution in [0.5, 0.6) is 0 Å². The van der Waals surface area contributed by atoms with Crippen molar-refractivity contribution in [2.75, 3.05) is 26.4 Å². The van der Waals surface area contributed by atoms with Gasteiger partial charge >= 0.3 is 6.03 Å². The molecule has 0 saturated carbocycles.